The Morgan fingerprint density at radius 2 is 1.42 bits per heavy atom. The van der Waals surface area contributed by atoms with Crippen LogP contribution in [-0.2, 0) is 10.2 Å². The lowest BCUT2D eigenvalue weighted by Crippen LogP contribution is -2.53. The summed E-state index contributed by atoms with van der Waals surface area (Å²) in [6, 6.07) is 0.0593. The molecule has 3 rings (SSSR count). The van der Waals surface area contributed by atoms with Crippen molar-refractivity contribution in [2.24, 2.45) is 0 Å². The van der Waals surface area contributed by atoms with Crippen LogP contribution in [0, 0.1) is 0 Å². The second kappa shape index (κ2) is 5.31. The summed E-state index contributed by atoms with van der Waals surface area (Å²) in [4.78, 5) is 0. The lowest BCUT2D eigenvalue weighted by molar-refractivity contribution is 0.0737. The molecule has 19 heavy (non-hydrogen) atoms. The van der Waals surface area contributed by atoms with Crippen LogP contribution in [0.15, 0.2) is 0 Å². The van der Waals surface area contributed by atoms with E-state index in [4.69, 9.17) is 0 Å². The molecule has 0 aromatic carbocycles. The molecule has 3 fully saturated rings. The number of hydrogen-bond donors (Lipinski definition) is 1. The number of nitrogens with zero attached hydrogens (tertiary/aromatic N) is 2. The lowest BCUT2D eigenvalue weighted by atomic mass is 10.0. The summed E-state index contributed by atoms with van der Waals surface area (Å²) >= 11 is 0. The molecular weight excluding hydrogens is 264 g/mol. The average Bonchev–Trinajstić information content (AvgIpc) is 2.59. The van der Waals surface area contributed by atoms with Gasteiger partial charge in [-0.3, -0.25) is 0 Å². The minimum Gasteiger partial charge on any atom is -0.393 e. The third kappa shape index (κ3) is 2.55. The molecule has 3 heterocycles. The molecule has 3 aliphatic rings. The van der Waals surface area contributed by atoms with Crippen molar-refractivity contribution in [3.8, 4) is 0 Å². The third-order valence-electron chi connectivity index (χ3n) is 4.80. The molecular formula is C13H24N2O3S. The van der Waals surface area contributed by atoms with Crippen molar-refractivity contribution in [2.75, 3.05) is 13.1 Å². The maximum atomic E-state index is 12.8. The Balaban J connectivity index is 1.80. The van der Waals surface area contributed by atoms with Crippen molar-refractivity contribution in [2.45, 2.75) is 69.6 Å². The van der Waals surface area contributed by atoms with Gasteiger partial charge in [0.2, 0.25) is 0 Å². The van der Waals surface area contributed by atoms with E-state index in [-0.39, 0.29) is 18.2 Å². The van der Waals surface area contributed by atoms with Crippen LogP contribution in [0.5, 0.6) is 0 Å². The standard InChI is InChI=1S/C13H24N2O3S/c16-13-9-11-5-6-12(10-13)15(11)19(17,18)14-7-3-1-2-4-8-14/h11-13,16H,1-10H2. The fourth-order valence-electron chi connectivity index (χ4n) is 3.89. The zero-order valence-corrected chi connectivity index (χ0v) is 12.2. The molecule has 0 aromatic rings. The number of aliphatic hydroxyl groups excluding tert-OH is 1. The molecule has 5 nitrogen and oxygen atoms in total. The first-order valence-corrected chi connectivity index (χ1v) is 8.95. The van der Waals surface area contributed by atoms with Gasteiger partial charge in [0.15, 0.2) is 0 Å². The minimum atomic E-state index is -3.31. The van der Waals surface area contributed by atoms with Crippen LogP contribution in [0.4, 0.5) is 0 Å². The summed E-state index contributed by atoms with van der Waals surface area (Å²) in [6.45, 7) is 1.33. The lowest BCUT2D eigenvalue weighted by Gasteiger charge is -2.38. The molecule has 3 aliphatic heterocycles. The van der Waals surface area contributed by atoms with E-state index in [1.165, 1.54) is 0 Å². The van der Waals surface area contributed by atoms with Crippen molar-refractivity contribution in [3.05, 3.63) is 0 Å². The van der Waals surface area contributed by atoms with E-state index >= 15 is 0 Å². The molecule has 2 atom stereocenters. The second-order valence-corrected chi connectivity index (χ2v) is 7.99. The van der Waals surface area contributed by atoms with Crippen LogP contribution in [0.2, 0.25) is 0 Å². The number of hydrogen-bond acceptors (Lipinski definition) is 3. The van der Waals surface area contributed by atoms with Crippen LogP contribution < -0.4 is 0 Å². The van der Waals surface area contributed by atoms with E-state index in [0.29, 0.717) is 25.9 Å². The maximum Gasteiger partial charge on any atom is 0.282 e. The Kier molecular flexibility index (Phi) is 3.86. The molecule has 0 saturated carbocycles. The van der Waals surface area contributed by atoms with Gasteiger partial charge >= 0.3 is 0 Å². The Hall–Kier alpha value is -0.170. The summed E-state index contributed by atoms with van der Waals surface area (Å²) < 4.78 is 29.1. The van der Waals surface area contributed by atoms with E-state index in [1.807, 2.05) is 0 Å². The second-order valence-electron chi connectivity index (χ2n) is 6.16. The van der Waals surface area contributed by atoms with E-state index < -0.39 is 10.2 Å². The van der Waals surface area contributed by atoms with Crippen molar-refractivity contribution in [1.82, 2.24) is 8.61 Å². The van der Waals surface area contributed by atoms with Gasteiger partial charge in [-0.2, -0.15) is 17.0 Å². The molecule has 6 heteroatoms. The van der Waals surface area contributed by atoms with Gasteiger partial charge in [0, 0.05) is 25.2 Å². The number of fused-ring (bicyclic) bond motifs is 2. The van der Waals surface area contributed by atoms with Gasteiger partial charge < -0.3 is 5.11 Å². The summed E-state index contributed by atoms with van der Waals surface area (Å²) in [7, 11) is -3.31. The van der Waals surface area contributed by atoms with Crippen molar-refractivity contribution >= 4 is 10.2 Å². The Morgan fingerprint density at radius 1 is 0.895 bits per heavy atom. The predicted octanol–water partition coefficient (Wildman–Crippen LogP) is 1.09. The highest BCUT2D eigenvalue weighted by atomic mass is 32.2. The van der Waals surface area contributed by atoms with Gasteiger partial charge in [-0.25, -0.2) is 0 Å². The number of piperidine rings is 1. The van der Waals surface area contributed by atoms with Crippen LogP contribution in [-0.4, -0.2) is 53.4 Å². The highest BCUT2D eigenvalue weighted by molar-refractivity contribution is 7.86. The largest absolute Gasteiger partial charge is 0.393 e. The monoisotopic (exact) mass is 288 g/mol. The molecule has 0 radical (unpaired) electrons. The highest BCUT2D eigenvalue weighted by Crippen LogP contribution is 2.39. The fourth-order valence-corrected chi connectivity index (χ4v) is 6.01. The molecule has 0 aromatic heterocycles. The zero-order chi connectivity index (χ0) is 13.5. The Morgan fingerprint density at radius 3 is 1.95 bits per heavy atom. The van der Waals surface area contributed by atoms with Crippen LogP contribution in [0.3, 0.4) is 0 Å². The molecule has 2 unspecified atom stereocenters. The van der Waals surface area contributed by atoms with E-state index in [1.54, 1.807) is 8.61 Å². The Bertz CT molecular complexity index is 404. The number of aliphatic hydroxyl groups is 1. The predicted molar refractivity (Wildman–Crippen MR) is 72.9 cm³/mol. The SMILES string of the molecule is O=S(=O)(N1CCCCCC1)N1C2CCC1CC(O)C2. The first-order chi connectivity index (χ1) is 9.09. The van der Waals surface area contributed by atoms with E-state index in [0.717, 1.165) is 38.5 Å². The summed E-state index contributed by atoms with van der Waals surface area (Å²) in [5.41, 5.74) is 0. The fraction of sp³-hybridized carbons (Fsp3) is 1.00. The summed E-state index contributed by atoms with van der Waals surface area (Å²) in [6.07, 6.45) is 6.97. The van der Waals surface area contributed by atoms with Gasteiger partial charge in [0.25, 0.3) is 10.2 Å². The quantitative estimate of drug-likeness (QED) is 0.827. The van der Waals surface area contributed by atoms with Crippen molar-refractivity contribution < 1.29 is 13.5 Å². The van der Waals surface area contributed by atoms with Crippen LogP contribution in [0.25, 0.3) is 0 Å². The average molecular weight is 288 g/mol. The van der Waals surface area contributed by atoms with Crippen LogP contribution >= 0.6 is 0 Å². The molecule has 0 amide bonds. The zero-order valence-electron chi connectivity index (χ0n) is 11.4. The summed E-state index contributed by atoms with van der Waals surface area (Å²) in [5.74, 6) is 0. The molecule has 3 saturated heterocycles. The van der Waals surface area contributed by atoms with Crippen LogP contribution in [0.1, 0.15) is 51.4 Å². The van der Waals surface area contributed by atoms with Crippen molar-refractivity contribution in [1.29, 1.82) is 0 Å². The third-order valence-corrected chi connectivity index (χ3v) is 6.95. The first kappa shape index (κ1) is 13.8. The Labute approximate surface area is 115 Å². The number of rotatable bonds is 2. The van der Waals surface area contributed by atoms with Gasteiger partial charge in [-0.15, -0.1) is 0 Å². The van der Waals surface area contributed by atoms with E-state index in [9.17, 15) is 13.5 Å². The minimum absolute atomic E-state index is 0.0296. The van der Waals surface area contributed by atoms with Gasteiger partial charge in [0.1, 0.15) is 0 Å². The topological polar surface area (TPSA) is 60.9 Å². The highest BCUT2D eigenvalue weighted by Gasteiger charge is 2.48. The van der Waals surface area contributed by atoms with Crippen molar-refractivity contribution in [3.63, 3.8) is 0 Å². The molecule has 2 bridgehead atoms. The molecule has 110 valence electrons. The van der Waals surface area contributed by atoms with E-state index in [2.05, 4.69) is 0 Å². The molecule has 0 spiro atoms. The first-order valence-electron chi connectivity index (χ1n) is 7.56. The normalized spacial score (nSPS) is 38.3. The summed E-state index contributed by atoms with van der Waals surface area (Å²) in [5, 5.41) is 9.79. The maximum absolute atomic E-state index is 12.8. The van der Waals surface area contributed by atoms with Gasteiger partial charge in [-0.05, 0) is 38.5 Å². The van der Waals surface area contributed by atoms with Gasteiger partial charge in [-0.1, -0.05) is 12.8 Å². The van der Waals surface area contributed by atoms with Gasteiger partial charge in [0.05, 0.1) is 6.10 Å². The molecule has 0 aliphatic carbocycles. The molecule has 1 N–H and O–H groups in total. The smallest absolute Gasteiger partial charge is 0.282 e.